The SMILES string of the molecule is [C-]#[N+]/C(C#N)=C1\CC(OCCN(CC)c2ccc(C3=C(O)C(=C4C(=O)N(C)N=C4C)C3=O)c(O)c2)c2ccccc21. The van der Waals surface area contributed by atoms with Crippen LogP contribution in [-0.4, -0.2) is 59.4 Å². The number of amides is 1. The van der Waals surface area contributed by atoms with Gasteiger partial charge in [-0.1, -0.05) is 24.3 Å². The van der Waals surface area contributed by atoms with E-state index in [1.54, 1.807) is 19.1 Å². The molecule has 2 N–H and O–H groups in total. The number of likely N-dealkylation sites (N-methyl/N-ethyl adjacent to an activating group) is 2. The van der Waals surface area contributed by atoms with Crippen molar-refractivity contribution in [2.24, 2.45) is 5.10 Å². The van der Waals surface area contributed by atoms with E-state index < -0.39 is 11.7 Å². The number of phenolic OH excluding ortho intramolecular Hbond substituents is 1. The first-order valence-electron chi connectivity index (χ1n) is 13.1. The molecule has 3 aliphatic rings. The van der Waals surface area contributed by atoms with Crippen molar-refractivity contribution in [2.45, 2.75) is 26.4 Å². The van der Waals surface area contributed by atoms with Crippen molar-refractivity contribution in [1.29, 1.82) is 5.26 Å². The number of carbonyl (C=O) groups is 2. The summed E-state index contributed by atoms with van der Waals surface area (Å²) in [5.74, 6) is -1.51. The number of aliphatic hydroxyl groups excluding tert-OH is 1. The van der Waals surface area contributed by atoms with Crippen LogP contribution in [0.3, 0.4) is 0 Å². The molecule has 2 aromatic rings. The van der Waals surface area contributed by atoms with E-state index in [-0.39, 0.29) is 45.6 Å². The molecular weight excluding hydrogens is 522 g/mol. The summed E-state index contributed by atoms with van der Waals surface area (Å²) in [6.45, 7) is 12.4. The number of hydrogen-bond acceptors (Lipinski definition) is 8. The van der Waals surface area contributed by atoms with Crippen molar-refractivity contribution in [1.82, 2.24) is 5.01 Å². The maximum atomic E-state index is 13.0. The maximum absolute atomic E-state index is 13.0. The van der Waals surface area contributed by atoms with E-state index in [4.69, 9.17) is 11.3 Å². The summed E-state index contributed by atoms with van der Waals surface area (Å²) in [5, 5.41) is 36.0. The number of carbonyl (C=O) groups excluding carboxylic acids is 2. The summed E-state index contributed by atoms with van der Waals surface area (Å²) in [6, 6.07) is 14.5. The number of phenols is 1. The summed E-state index contributed by atoms with van der Waals surface area (Å²) >= 11 is 0. The lowest BCUT2D eigenvalue weighted by Gasteiger charge is -2.26. The number of ketones is 1. The molecule has 0 fully saturated rings. The second-order valence-electron chi connectivity index (χ2n) is 9.80. The van der Waals surface area contributed by atoms with Gasteiger partial charge in [0.2, 0.25) is 5.78 Å². The van der Waals surface area contributed by atoms with Crippen LogP contribution in [0.5, 0.6) is 5.75 Å². The topological polar surface area (TPSA) is 131 Å². The zero-order chi connectivity index (χ0) is 29.4. The molecule has 10 nitrogen and oxygen atoms in total. The van der Waals surface area contributed by atoms with Gasteiger partial charge in [0, 0.05) is 37.5 Å². The van der Waals surface area contributed by atoms with Crippen molar-refractivity contribution >= 4 is 34.2 Å². The number of rotatable bonds is 7. The first-order valence-corrected chi connectivity index (χ1v) is 13.1. The lowest BCUT2D eigenvalue weighted by molar-refractivity contribution is -0.125. The van der Waals surface area contributed by atoms with Crippen LogP contribution in [0, 0.1) is 17.9 Å². The van der Waals surface area contributed by atoms with Crippen molar-refractivity contribution in [3.8, 4) is 11.8 Å². The molecule has 1 amide bonds. The molecule has 1 atom stereocenters. The average molecular weight is 550 g/mol. The predicted molar refractivity (Wildman–Crippen MR) is 152 cm³/mol. The fraction of sp³-hybridized carbons (Fsp3) is 0.258. The molecule has 1 aliphatic heterocycles. The van der Waals surface area contributed by atoms with E-state index in [1.807, 2.05) is 42.2 Å². The number of allylic oxidation sites excluding steroid dienone is 3. The van der Waals surface area contributed by atoms with E-state index in [0.29, 0.717) is 43.1 Å². The fourth-order valence-electron chi connectivity index (χ4n) is 5.50. The number of aliphatic hydroxyl groups is 1. The molecule has 10 heteroatoms. The van der Waals surface area contributed by atoms with Gasteiger partial charge in [-0.2, -0.15) is 5.10 Å². The van der Waals surface area contributed by atoms with Gasteiger partial charge in [-0.25, -0.2) is 15.1 Å². The molecule has 2 aliphatic carbocycles. The van der Waals surface area contributed by atoms with Crippen molar-refractivity contribution in [2.75, 3.05) is 31.6 Å². The first-order chi connectivity index (χ1) is 19.7. The lowest BCUT2D eigenvalue weighted by atomic mass is 9.79. The zero-order valence-electron chi connectivity index (χ0n) is 22.8. The molecule has 0 radical (unpaired) electrons. The highest BCUT2D eigenvalue weighted by Crippen LogP contribution is 2.44. The highest BCUT2D eigenvalue weighted by Gasteiger charge is 2.43. The summed E-state index contributed by atoms with van der Waals surface area (Å²) in [4.78, 5) is 30.7. The van der Waals surface area contributed by atoms with Gasteiger partial charge in [-0.05, 0) is 49.1 Å². The minimum atomic E-state index is -0.525. The number of anilines is 1. The summed E-state index contributed by atoms with van der Waals surface area (Å²) in [7, 11) is 1.47. The van der Waals surface area contributed by atoms with Gasteiger partial charge < -0.3 is 19.8 Å². The number of nitrogens with zero attached hydrogens (tertiary/aromatic N) is 5. The third-order valence-corrected chi connectivity index (χ3v) is 7.55. The van der Waals surface area contributed by atoms with Crippen molar-refractivity contribution in [3.05, 3.63) is 93.2 Å². The number of fused-ring (bicyclic) bond motifs is 1. The van der Waals surface area contributed by atoms with Gasteiger partial charge in [-0.3, -0.25) is 9.59 Å². The third kappa shape index (κ3) is 4.54. The first kappa shape index (κ1) is 27.4. The minimum absolute atomic E-state index is 0.0435. The summed E-state index contributed by atoms with van der Waals surface area (Å²) in [6.07, 6.45) is 0.174. The van der Waals surface area contributed by atoms with Crippen LogP contribution >= 0.6 is 0 Å². The molecule has 5 rings (SSSR count). The summed E-state index contributed by atoms with van der Waals surface area (Å²) in [5.41, 5.74) is 3.75. The molecule has 0 saturated heterocycles. The molecule has 41 heavy (non-hydrogen) atoms. The van der Waals surface area contributed by atoms with E-state index in [0.717, 1.165) is 16.1 Å². The van der Waals surface area contributed by atoms with Gasteiger partial charge in [0.15, 0.2) is 0 Å². The van der Waals surface area contributed by atoms with Crippen molar-refractivity contribution < 1.29 is 24.5 Å². The molecule has 0 aromatic heterocycles. The Kier molecular flexibility index (Phi) is 7.19. The van der Waals surface area contributed by atoms with Crippen LogP contribution in [0.4, 0.5) is 5.69 Å². The van der Waals surface area contributed by atoms with Crippen LogP contribution in [0.15, 0.2) is 70.2 Å². The Bertz CT molecular complexity index is 1690. The highest BCUT2D eigenvalue weighted by molar-refractivity contribution is 6.44. The van der Waals surface area contributed by atoms with Gasteiger partial charge in [-0.15, -0.1) is 0 Å². The van der Waals surface area contributed by atoms with E-state index in [2.05, 4.69) is 9.95 Å². The molecule has 1 heterocycles. The van der Waals surface area contributed by atoms with Crippen LogP contribution in [-0.2, 0) is 14.3 Å². The molecule has 0 saturated carbocycles. The number of hydrazone groups is 1. The largest absolute Gasteiger partial charge is 0.507 e. The predicted octanol–water partition coefficient (Wildman–Crippen LogP) is 4.53. The Morgan fingerprint density at radius 1 is 1.20 bits per heavy atom. The second kappa shape index (κ2) is 10.8. The van der Waals surface area contributed by atoms with Gasteiger partial charge in [0.05, 0.1) is 47.8 Å². The van der Waals surface area contributed by atoms with E-state index in [1.165, 1.54) is 13.1 Å². The maximum Gasteiger partial charge on any atom is 0.276 e. The second-order valence-corrected chi connectivity index (χ2v) is 9.80. The smallest absolute Gasteiger partial charge is 0.276 e. The van der Waals surface area contributed by atoms with E-state index in [9.17, 15) is 25.1 Å². The number of hydrogen-bond donors (Lipinski definition) is 2. The number of nitriles is 1. The average Bonchev–Trinajstić information content (AvgIpc) is 3.45. The Morgan fingerprint density at radius 3 is 2.56 bits per heavy atom. The Morgan fingerprint density at radius 2 is 1.95 bits per heavy atom. The molecule has 0 spiro atoms. The Labute approximate surface area is 237 Å². The van der Waals surface area contributed by atoms with Gasteiger partial charge >= 0.3 is 0 Å². The van der Waals surface area contributed by atoms with E-state index >= 15 is 0 Å². The molecule has 206 valence electrons. The molecule has 0 bridgehead atoms. The number of aromatic hydroxyl groups is 1. The normalized spacial score (nSPS) is 20.9. The monoisotopic (exact) mass is 549 g/mol. The van der Waals surface area contributed by atoms with Crippen molar-refractivity contribution in [3.63, 3.8) is 0 Å². The number of benzene rings is 2. The third-order valence-electron chi connectivity index (χ3n) is 7.55. The Hall–Kier alpha value is -5.19. The zero-order valence-corrected chi connectivity index (χ0v) is 22.8. The Balaban J connectivity index is 1.31. The lowest BCUT2D eigenvalue weighted by Crippen LogP contribution is -2.28. The molecule has 1 unspecified atom stereocenters. The summed E-state index contributed by atoms with van der Waals surface area (Å²) < 4.78 is 6.20. The quantitative estimate of drug-likeness (QED) is 0.295. The van der Waals surface area contributed by atoms with Crippen LogP contribution in [0.1, 0.15) is 43.1 Å². The van der Waals surface area contributed by atoms with Crippen LogP contribution in [0.25, 0.3) is 16.0 Å². The molecule has 2 aromatic carbocycles. The van der Waals surface area contributed by atoms with Crippen LogP contribution in [0.2, 0.25) is 0 Å². The van der Waals surface area contributed by atoms with Gasteiger partial charge in [0.25, 0.3) is 11.6 Å². The molecular formula is C31H27N5O5. The number of ether oxygens (including phenoxy) is 1. The standard InChI is InChI=1S/C31H27N5O5/c1-5-36(12-13-41-25-15-22(23(16-32)33-3)19-8-6-7-9-20(19)25)18-10-11-21(24(37)14-18)27-29(38)28(30(27)39)26-17(2)34-35(4)31(26)40/h6-11,14,25,37-38H,5,12-13,15H2,1-2,4H3/b23-22+,28-26?. The van der Waals surface area contributed by atoms with Gasteiger partial charge in [0.1, 0.15) is 11.5 Å². The highest BCUT2D eigenvalue weighted by atomic mass is 16.5. The fourth-order valence-corrected chi connectivity index (χ4v) is 5.50. The van der Waals surface area contributed by atoms with Crippen LogP contribution < -0.4 is 4.90 Å². The minimum Gasteiger partial charge on any atom is -0.507 e. The number of Topliss-reactive ketones (excluding diaryl/α,β-unsaturated/α-hetero) is 1.